The number of hydrogen-bond donors (Lipinski definition) is 0. The van der Waals surface area contributed by atoms with Gasteiger partial charge in [-0.2, -0.15) is 0 Å². The highest BCUT2D eigenvalue weighted by atomic mass is 16.8. The van der Waals surface area contributed by atoms with Crippen molar-refractivity contribution in [2.45, 2.75) is 49.5 Å². The number of epoxide rings is 1. The third kappa shape index (κ3) is 2.00. The van der Waals surface area contributed by atoms with Crippen molar-refractivity contribution >= 4 is 0 Å². The fourth-order valence-corrected chi connectivity index (χ4v) is 3.00. The lowest BCUT2D eigenvalue weighted by atomic mass is 9.94. The highest BCUT2D eigenvalue weighted by Crippen LogP contribution is 2.50. The Kier molecular flexibility index (Phi) is 3.13. The van der Waals surface area contributed by atoms with Crippen LogP contribution >= 0.6 is 0 Å². The largest absolute Gasteiger partial charge is 0.382 e. The molecule has 5 nitrogen and oxygen atoms in total. The van der Waals surface area contributed by atoms with Gasteiger partial charge in [-0.3, -0.25) is 0 Å². The van der Waals surface area contributed by atoms with Crippen LogP contribution in [0.1, 0.15) is 19.3 Å². The molecule has 1 saturated carbocycles. The first-order valence-electron chi connectivity index (χ1n) is 6.28. The predicted octanol–water partition coefficient (Wildman–Crippen LogP) is 0.711. The van der Waals surface area contributed by atoms with E-state index in [2.05, 4.69) is 0 Å². The molecular formula is C12H20O5. The monoisotopic (exact) mass is 244 g/mol. The average Bonchev–Trinajstić information content (AvgIpc) is 3.03. The van der Waals surface area contributed by atoms with Crippen LogP contribution in [-0.4, -0.2) is 57.6 Å². The van der Waals surface area contributed by atoms with Crippen LogP contribution in [0.3, 0.4) is 0 Å². The minimum atomic E-state index is -0.532. The van der Waals surface area contributed by atoms with Crippen LogP contribution in [-0.2, 0) is 23.7 Å². The molecule has 98 valence electrons. The van der Waals surface area contributed by atoms with Crippen molar-refractivity contribution in [3.8, 4) is 0 Å². The molecule has 3 rings (SSSR count). The van der Waals surface area contributed by atoms with E-state index in [0.29, 0.717) is 19.3 Å². The summed E-state index contributed by atoms with van der Waals surface area (Å²) in [5.74, 6) is -0.532. The Morgan fingerprint density at radius 2 is 1.76 bits per heavy atom. The number of methoxy groups -OCH3 is 2. The minimum absolute atomic E-state index is 0.0529. The average molecular weight is 244 g/mol. The van der Waals surface area contributed by atoms with Gasteiger partial charge in [-0.1, -0.05) is 0 Å². The quantitative estimate of drug-likeness (QED) is 0.682. The Morgan fingerprint density at radius 3 is 2.35 bits per heavy atom. The second-order valence-corrected chi connectivity index (χ2v) is 5.02. The Balaban J connectivity index is 1.71. The smallest absolute Gasteiger partial charge is 0.198 e. The Labute approximate surface area is 101 Å². The van der Waals surface area contributed by atoms with Gasteiger partial charge in [-0.25, -0.2) is 0 Å². The van der Waals surface area contributed by atoms with E-state index in [0.717, 1.165) is 19.3 Å². The Hall–Kier alpha value is -0.200. The van der Waals surface area contributed by atoms with E-state index in [4.69, 9.17) is 23.7 Å². The first-order valence-corrected chi connectivity index (χ1v) is 6.28. The van der Waals surface area contributed by atoms with Gasteiger partial charge in [-0.05, 0) is 12.8 Å². The molecule has 2 saturated heterocycles. The number of fused-ring (bicyclic) bond motifs is 2. The summed E-state index contributed by atoms with van der Waals surface area (Å²) in [4.78, 5) is 0. The van der Waals surface area contributed by atoms with Crippen LogP contribution in [0.4, 0.5) is 0 Å². The molecule has 1 spiro atoms. The third-order valence-corrected chi connectivity index (χ3v) is 3.81. The Bertz CT molecular complexity index is 268. The van der Waals surface area contributed by atoms with Crippen LogP contribution in [0.25, 0.3) is 0 Å². The maximum atomic E-state index is 6.10. The summed E-state index contributed by atoms with van der Waals surface area (Å²) in [7, 11) is 3.35. The second-order valence-electron chi connectivity index (χ2n) is 5.02. The predicted molar refractivity (Wildman–Crippen MR) is 58.7 cm³/mol. The van der Waals surface area contributed by atoms with Crippen molar-refractivity contribution in [2.75, 3.05) is 27.4 Å². The Morgan fingerprint density at radius 1 is 1.12 bits per heavy atom. The molecule has 0 N–H and O–H groups in total. The zero-order valence-corrected chi connectivity index (χ0v) is 10.4. The summed E-state index contributed by atoms with van der Waals surface area (Å²) in [6.45, 7) is 1.07. The maximum absolute atomic E-state index is 6.10. The number of rotatable bonds is 4. The van der Waals surface area contributed by atoms with Gasteiger partial charge in [-0.15, -0.1) is 0 Å². The van der Waals surface area contributed by atoms with Crippen molar-refractivity contribution in [3.63, 3.8) is 0 Å². The van der Waals surface area contributed by atoms with E-state index in [1.54, 1.807) is 14.2 Å². The van der Waals surface area contributed by atoms with Crippen LogP contribution < -0.4 is 0 Å². The summed E-state index contributed by atoms with van der Waals surface area (Å²) in [6.07, 6.45) is 3.49. The van der Waals surface area contributed by atoms with Gasteiger partial charge < -0.3 is 23.7 Å². The molecule has 2 aliphatic heterocycles. The van der Waals surface area contributed by atoms with Crippen LogP contribution in [0, 0.1) is 0 Å². The molecule has 1 aliphatic carbocycles. The SMILES string of the molecule is COC[C@@H]1OC2(CCCC3OC32)O[C@H]1COC. The highest BCUT2D eigenvalue weighted by molar-refractivity contribution is 5.05. The fourth-order valence-electron chi connectivity index (χ4n) is 3.00. The van der Waals surface area contributed by atoms with E-state index in [1.807, 2.05) is 0 Å². The number of hydrogen-bond acceptors (Lipinski definition) is 5. The molecule has 4 atom stereocenters. The van der Waals surface area contributed by atoms with E-state index < -0.39 is 5.79 Å². The molecule has 3 aliphatic rings. The summed E-state index contributed by atoms with van der Waals surface area (Å²) >= 11 is 0. The normalized spacial score (nSPS) is 42.7. The zero-order chi connectivity index (χ0) is 11.9. The molecule has 0 aromatic heterocycles. The van der Waals surface area contributed by atoms with Crippen molar-refractivity contribution in [3.05, 3.63) is 0 Å². The van der Waals surface area contributed by atoms with Crippen molar-refractivity contribution in [1.82, 2.24) is 0 Å². The second kappa shape index (κ2) is 4.48. The molecule has 0 bridgehead atoms. The molecule has 3 fully saturated rings. The summed E-state index contributed by atoms with van der Waals surface area (Å²) in [6, 6.07) is 0. The van der Waals surface area contributed by atoms with Gasteiger partial charge >= 0.3 is 0 Å². The van der Waals surface area contributed by atoms with Gasteiger partial charge in [0.2, 0.25) is 0 Å². The summed E-state index contributed by atoms with van der Waals surface area (Å²) in [5, 5.41) is 0. The molecular weight excluding hydrogens is 224 g/mol. The molecule has 5 heteroatoms. The molecule has 0 aromatic rings. The minimum Gasteiger partial charge on any atom is -0.382 e. The topological polar surface area (TPSA) is 49.5 Å². The van der Waals surface area contributed by atoms with E-state index >= 15 is 0 Å². The summed E-state index contributed by atoms with van der Waals surface area (Å²) < 4.78 is 28.2. The van der Waals surface area contributed by atoms with E-state index in [1.165, 1.54) is 0 Å². The van der Waals surface area contributed by atoms with E-state index in [9.17, 15) is 0 Å². The molecule has 0 aromatic carbocycles. The van der Waals surface area contributed by atoms with Crippen LogP contribution in [0.5, 0.6) is 0 Å². The number of ether oxygens (including phenoxy) is 5. The molecule has 2 heterocycles. The first-order chi connectivity index (χ1) is 8.29. The van der Waals surface area contributed by atoms with Crippen molar-refractivity contribution < 1.29 is 23.7 Å². The maximum Gasteiger partial charge on any atom is 0.198 e. The van der Waals surface area contributed by atoms with E-state index in [-0.39, 0.29) is 18.3 Å². The zero-order valence-electron chi connectivity index (χ0n) is 10.4. The van der Waals surface area contributed by atoms with Crippen molar-refractivity contribution in [1.29, 1.82) is 0 Å². The van der Waals surface area contributed by atoms with Gasteiger partial charge in [0, 0.05) is 20.6 Å². The summed E-state index contributed by atoms with van der Waals surface area (Å²) in [5.41, 5.74) is 0. The first kappa shape index (κ1) is 11.9. The lowest BCUT2D eigenvalue weighted by Gasteiger charge is -2.29. The van der Waals surface area contributed by atoms with Crippen LogP contribution in [0.15, 0.2) is 0 Å². The van der Waals surface area contributed by atoms with Crippen molar-refractivity contribution in [2.24, 2.45) is 0 Å². The lowest BCUT2D eigenvalue weighted by Crippen LogP contribution is -2.41. The fraction of sp³-hybridized carbons (Fsp3) is 1.00. The lowest BCUT2D eigenvalue weighted by molar-refractivity contribution is -0.201. The standard InChI is InChI=1S/C12H20O5/c1-13-6-9-10(7-14-2)17-12(16-9)5-3-4-8-11(12)15-8/h8-11H,3-7H2,1-2H3/t8?,9-,10-,11?/m0/s1. The van der Waals surface area contributed by atoms with Gasteiger partial charge in [0.15, 0.2) is 5.79 Å². The van der Waals surface area contributed by atoms with Gasteiger partial charge in [0.25, 0.3) is 0 Å². The third-order valence-electron chi connectivity index (χ3n) is 3.81. The van der Waals surface area contributed by atoms with Crippen LogP contribution in [0.2, 0.25) is 0 Å². The highest BCUT2D eigenvalue weighted by Gasteiger charge is 2.64. The van der Waals surface area contributed by atoms with Gasteiger partial charge in [0.1, 0.15) is 18.3 Å². The molecule has 0 radical (unpaired) electrons. The van der Waals surface area contributed by atoms with Gasteiger partial charge in [0.05, 0.1) is 19.3 Å². The molecule has 17 heavy (non-hydrogen) atoms. The molecule has 2 unspecified atom stereocenters. The molecule has 0 amide bonds.